The van der Waals surface area contributed by atoms with E-state index in [-0.39, 0.29) is 34.5 Å². The monoisotopic (exact) mass is 365 g/mol. The molecule has 0 aliphatic carbocycles. The number of fused-ring (bicyclic) bond motifs is 1. The summed E-state index contributed by atoms with van der Waals surface area (Å²) in [5, 5.41) is 10.2. The molecule has 0 heterocycles. The minimum atomic E-state index is -4.21. The van der Waals surface area contributed by atoms with Crippen LogP contribution in [0.3, 0.4) is 0 Å². The van der Waals surface area contributed by atoms with E-state index < -0.39 is 10.1 Å². The molecule has 0 aliphatic rings. The largest absolute Gasteiger partial charge is 1.00 e. The van der Waals surface area contributed by atoms with Crippen LogP contribution in [0.1, 0.15) is 0 Å². The Morgan fingerprint density at radius 1 is 0.880 bits per heavy atom. The second-order valence-electron chi connectivity index (χ2n) is 5.00. The number of azo groups is 1. The summed E-state index contributed by atoms with van der Waals surface area (Å²) in [4.78, 5) is -0.184. The summed E-state index contributed by atoms with van der Waals surface area (Å²) in [6.45, 7) is 0. The van der Waals surface area contributed by atoms with E-state index in [0.29, 0.717) is 11.4 Å². The molecular weight excluding hydrogens is 351 g/mol. The Kier molecular flexibility index (Phi) is 6.31. The predicted molar refractivity (Wildman–Crippen MR) is 90.9 cm³/mol. The van der Waals surface area contributed by atoms with Gasteiger partial charge in [0.15, 0.2) is 0 Å². The smallest absolute Gasteiger partial charge is 0.496 e. The molecule has 25 heavy (non-hydrogen) atoms. The van der Waals surface area contributed by atoms with Gasteiger partial charge < -0.3 is 4.74 Å². The van der Waals surface area contributed by atoms with Crippen molar-refractivity contribution < 1.29 is 47.3 Å². The molecule has 0 atom stereocenters. The van der Waals surface area contributed by atoms with Crippen molar-refractivity contribution in [1.29, 1.82) is 0 Å². The van der Waals surface area contributed by atoms with Gasteiger partial charge in [-0.1, -0.05) is 24.3 Å². The third-order valence-electron chi connectivity index (χ3n) is 3.49. The van der Waals surface area contributed by atoms with Gasteiger partial charge in [-0.15, -0.1) is 5.11 Å². The van der Waals surface area contributed by atoms with Crippen LogP contribution in [-0.4, -0.2) is 20.1 Å². The van der Waals surface area contributed by atoms with E-state index in [0.717, 1.165) is 16.5 Å². The van der Waals surface area contributed by atoms with Crippen molar-refractivity contribution in [3.63, 3.8) is 0 Å². The maximum Gasteiger partial charge on any atom is 1.00 e. The van der Waals surface area contributed by atoms with Crippen molar-refractivity contribution in [2.75, 3.05) is 7.11 Å². The van der Waals surface area contributed by atoms with Gasteiger partial charge in [0.05, 0.1) is 23.4 Å². The van der Waals surface area contributed by atoms with E-state index in [1.807, 2.05) is 30.3 Å². The fourth-order valence-corrected chi connectivity index (χ4v) is 2.80. The first-order valence-electron chi connectivity index (χ1n) is 7.04. The molecule has 0 aliphatic heterocycles. The van der Waals surface area contributed by atoms with Crippen molar-refractivity contribution in [2.24, 2.45) is 10.2 Å². The molecule has 3 rings (SSSR count). The molecule has 3 aromatic rings. The number of nitrogens with zero attached hydrogens (tertiary/aromatic N) is 2. The molecule has 0 unspecified atom stereocenters. The Labute approximate surface area is 167 Å². The Balaban J connectivity index is 0.00000225. The van der Waals surface area contributed by atoms with Crippen molar-refractivity contribution in [2.45, 2.75) is 4.90 Å². The second kappa shape index (κ2) is 8.07. The number of methoxy groups -OCH3 is 1. The standard InChI is InChI=1S/C17H14N2O4S.Na/c1-23-17-11-10-16(14-4-2-3-5-15(14)17)19-18-12-6-8-13(9-7-12)24(20,21)22;/h2-11H,1H3,(H,20,21,22);/q;+1. The third kappa shape index (κ3) is 4.45. The van der Waals surface area contributed by atoms with Gasteiger partial charge in [-0.25, -0.2) is 0 Å². The third-order valence-corrected chi connectivity index (χ3v) is 4.36. The Hall–Kier alpha value is -1.77. The summed E-state index contributed by atoms with van der Waals surface area (Å²) >= 11 is 0. The Bertz CT molecular complexity index is 1020. The number of ether oxygens (including phenoxy) is 1. The molecule has 0 amide bonds. The normalized spacial score (nSPS) is 11.4. The summed E-state index contributed by atoms with van der Waals surface area (Å²) in [6.07, 6.45) is 0. The number of rotatable bonds is 4. The first kappa shape index (κ1) is 19.6. The summed E-state index contributed by atoms with van der Waals surface area (Å²) in [5.74, 6) is 0.752. The van der Waals surface area contributed by atoms with E-state index in [1.165, 1.54) is 24.3 Å². The molecule has 0 saturated carbocycles. The van der Waals surface area contributed by atoms with Crippen LogP contribution in [0.15, 0.2) is 75.8 Å². The Morgan fingerprint density at radius 3 is 2.12 bits per heavy atom. The van der Waals surface area contributed by atoms with Crippen LogP contribution < -0.4 is 34.3 Å². The molecule has 0 spiro atoms. The molecule has 0 fully saturated rings. The van der Waals surface area contributed by atoms with Crippen molar-refractivity contribution in [1.82, 2.24) is 0 Å². The summed E-state index contributed by atoms with van der Waals surface area (Å²) in [6, 6.07) is 16.8. The molecule has 6 nitrogen and oxygen atoms in total. The molecule has 0 saturated heterocycles. The van der Waals surface area contributed by atoms with Crippen LogP contribution in [-0.2, 0) is 10.1 Å². The van der Waals surface area contributed by atoms with E-state index in [2.05, 4.69) is 10.2 Å². The molecule has 8 heteroatoms. The van der Waals surface area contributed by atoms with Crippen molar-refractivity contribution in [3.05, 3.63) is 60.7 Å². The van der Waals surface area contributed by atoms with Crippen LogP contribution in [0.4, 0.5) is 11.4 Å². The van der Waals surface area contributed by atoms with Gasteiger partial charge >= 0.3 is 29.6 Å². The zero-order valence-corrected chi connectivity index (χ0v) is 16.6. The quantitative estimate of drug-likeness (QED) is 0.431. The maximum atomic E-state index is 11.0. The van der Waals surface area contributed by atoms with Crippen LogP contribution in [0.25, 0.3) is 10.8 Å². The molecule has 3 aromatic carbocycles. The van der Waals surface area contributed by atoms with Gasteiger partial charge in [0.1, 0.15) is 5.75 Å². The zero-order chi connectivity index (χ0) is 17.2. The fraction of sp³-hybridized carbons (Fsp3) is 0.0588. The fourth-order valence-electron chi connectivity index (χ4n) is 2.32. The second-order valence-corrected chi connectivity index (χ2v) is 6.42. The van der Waals surface area contributed by atoms with E-state index >= 15 is 0 Å². The van der Waals surface area contributed by atoms with Gasteiger partial charge in [-0.2, -0.15) is 13.5 Å². The SMILES string of the molecule is COc1ccc(N=Nc2ccc(S(=O)(=O)O)cc2)c2ccccc12.[Na+]. The number of benzene rings is 3. The average molecular weight is 365 g/mol. The summed E-state index contributed by atoms with van der Waals surface area (Å²) < 4.78 is 36.3. The molecular formula is C17H14N2NaO4S+. The molecule has 122 valence electrons. The zero-order valence-electron chi connectivity index (χ0n) is 13.7. The van der Waals surface area contributed by atoms with Crippen LogP contribution in [0.2, 0.25) is 0 Å². The van der Waals surface area contributed by atoms with Crippen LogP contribution in [0.5, 0.6) is 5.75 Å². The number of hydrogen-bond donors (Lipinski definition) is 1. The first-order valence-corrected chi connectivity index (χ1v) is 8.48. The van der Waals surface area contributed by atoms with Crippen LogP contribution >= 0.6 is 0 Å². The van der Waals surface area contributed by atoms with E-state index in [9.17, 15) is 8.42 Å². The first-order chi connectivity index (χ1) is 11.5. The average Bonchev–Trinajstić information content (AvgIpc) is 2.59. The number of hydrogen-bond acceptors (Lipinski definition) is 5. The minimum Gasteiger partial charge on any atom is -0.496 e. The van der Waals surface area contributed by atoms with Gasteiger partial charge in [0.25, 0.3) is 10.1 Å². The van der Waals surface area contributed by atoms with E-state index in [4.69, 9.17) is 9.29 Å². The van der Waals surface area contributed by atoms with Crippen molar-refractivity contribution in [3.8, 4) is 5.75 Å². The van der Waals surface area contributed by atoms with Gasteiger partial charge in [-0.05, 0) is 36.4 Å². The Morgan fingerprint density at radius 2 is 1.52 bits per heavy atom. The van der Waals surface area contributed by atoms with E-state index in [1.54, 1.807) is 13.2 Å². The summed E-state index contributed by atoms with van der Waals surface area (Å²) in [7, 11) is -2.60. The molecule has 0 aromatic heterocycles. The maximum absolute atomic E-state index is 11.0. The van der Waals surface area contributed by atoms with Gasteiger partial charge in [0, 0.05) is 10.8 Å². The molecule has 1 N–H and O–H groups in total. The van der Waals surface area contributed by atoms with Gasteiger partial charge in [0.2, 0.25) is 0 Å². The molecule has 0 bridgehead atoms. The van der Waals surface area contributed by atoms with Crippen molar-refractivity contribution >= 4 is 32.3 Å². The minimum absolute atomic E-state index is 0. The van der Waals surface area contributed by atoms with Crippen LogP contribution in [0, 0.1) is 0 Å². The van der Waals surface area contributed by atoms with Gasteiger partial charge in [-0.3, -0.25) is 4.55 Å². The molecule has 0 radical (unpaired) electrons. The topological polar surface area (TPSA) is 88.3 Å². The predicted octanol–water partition coefficient (Wildman–Crippen LogP) is 1.51. The summed E-state index contributed by atoms with van der Waals surface area (Å²) in [5.41, 5.74) is 1.15.